The molecule has 0 bridgehead atoms. The van der Waals surface area contributed by atoms with Crippen molar-refractivity contribution in [3.8, 4) is 0 Å². The lowest BCUT2D eigenvalue weighted by Crippen LogP contribution is -2.33. The summed E-state index contributed by atoms with van der Waals surface area (Å²) in [5, 5.41) is 0. The van der Waals surface area contributed by atoms with Gasteiger partial charge in [0.15, 0.2) is 0 Å². The molecule has 0 radical (unpaired) electrons. The summed E-state index contributed by atoms with van der Waals surface area (Å²) in [5.74, 6) is 1.23. The van der Waals surface area contributed by atoms with Crippen LogP contribution in [-0.4, -0.2) is 12.1 Å². The molecule has 2 atom stereocenters. The van der Waals surface area contributed by atoms with Crippen LogP contribution in [0.3, 0.4) is 0 Å². The number of carbonyl (C=O) groups excluding carboxylic acids is 1. The number of carbonyl (C=O) groups is 1. The lowest BCUT2D eigenvalue weighted by atomic mass is 9.79. The second kappa shape index (κ2) is 7.73. The summed E-state index contributed by atoms with van der Waals surface area (Å²) in [7, 11) is 0. The number of ether oxygens (including phenoxy) is 1. The molecule has 100 valence electrons. The van der Waals surface area contributed by atoms with E-state index in [2.05, 4.69) is 20.8 Å². The molecule has 0 heterocycles. The Kier molecular flexibility index (Phi) is 6.61. The van der Waals surface area contributed by atoms with Gasteiger partial charge in [0.1, 0.15) is 6.10 Å². The van der Waals surface area contributed by atoms with Gasteiger partial charge in [0.2, 0.25) is 0 Å². The van der Waals surface area contributed by atoms with Crippen molar-refractivity contribution in [1.29, 1.82) is 0 Å². The molecule has 0 amide bonds. The topological polar surface area (TPSA) is 26.3 Å². The first-order chi connectivity index (χ1) is 8.15. The Morgan fingerprint density at radius 1 is 1.24 bits per heavy atom. The van der Waals surface area contributed by atoms with Gasteiger partial charge in [-0.2, -0.15) is 0 Å². The third kappa shape index (κ3) is 5.10. The first kappa shape index (κ1) is 14.5. The highest BCUT2D eigenvalue weighted by molar-refractivity contribution is 5.69. The molecule has 1 saturated carbocycles. The lowest BCUT2D eigenvalue weighted by molar-refractivity contribution is -0.154. The Balaban J connectivity index is 2.34. The monoisotopic (exact) mass is 240 g/mol. The van der Waals surface area contributed by atoms with Gasteiger partial charge in [0, 0.05) is 6.42 Å². The standard InChI is InChI=1S/C15H28O2/c1-4-5-6-11-15(16)17-14-10-8-7-9-13(14)12(2)3/h12-14H,4-11H2,1-3H3/t13-,14+/m0/s1. The van der Waals surface area contributed by atoms with E-state index >= 15 is 0 Å². The first-order valence-corrected chi connectivity index (χ1v) is 7.34. The molecule has 2 heteroatoms. The maximum atomic E-state index is 11.7. The van der Waals surface area contributed by atoms with E-state index in [1.165, 1.54) is 19.3 Å². The van der Waals surface area contributed by atoms with E-state index in [0.29, 0.717) is 18.3 Å². The van der Waals surface area contributed by atoms with E-state index in [4.69, 9.17) is 4.74 Å². The van der Waals surface area contributed by atoms with E-state index < -0.39 is 0 Å². The van der Waals surface area contributed by atoms with Crippen LogP contribution < -0.4 is 0 Å². The molecule has 0 aromatic rings. The van der Waals surface area contributed by atoms with Crippen LogP contribution in [0.4, 0.5) is 0 Å². The minimum atomic E-state index is 0.0241. The summed E-state index contributed by atoms with van der Waals surface area (Å²) in [6, 6.07) is 0. The van der Waals surface area contributed by atoms with Gasteiger partial charge in [0.25, 0.3) is 0 Å². The molecule has 0 saturated heterocycles. The maximum absolute atomic E-state index is 11.7. The quantitative estimate of drug-likeness (QED) is 0.510. The van der Waals surface area contributed by atoms with Gasteiger partial charge in [-0.25, -0.2) is 0 Å². The van der Waals surface area contributed by atoms with Crippen molar-refractivity contribution in [3.05, 3.63) is 0 Å². The molecular formula is C15H28O2. The van der Waals surface area contributed by atoms with Crippen LogP contribution in [0.15, 0.2) is 0 Å². The molecule has 1 rings (SSSR count). The fourth-order valence-corrected chi connectivity index (χ4v) is 2.78. The average Bonchev–Trinajstić information content (AvgIpc) is 2.29. The zero-order valence-electron chi connectivity index (χ0n) is 11.7. The SMILES string of the molecule is CCCCCC(=O)O[C@@H]1CCCC[C@H]1C(C)C. The summed E-state index contributed by atoms with van der Waals surface area (Å²) < 4.78 is 5.67. The minimum absolute atomic E-state index is 0.0241. The summed E-state index contributed by atoms with van der Waals surface area (Å²) in [6.07, 6.45) is 8.88. The lowest BCUT2D eigenvalue weighted by Gasteiger charge is -2.33. The van der Waals surface area contributed by atoms with E-state index in [1.54, 1.807) is 0 Å². The zero-order valence-corrected chi connectivity index (χ0v) is 11.7. The molecule has 0 aromatic carbocycles. The molecule has 2 nitrogen and oxygen atoms in total. The summed E-state index contributed by atoms with van der Waals surface area (Å²) >= 11 is 0. The Morgan fingerprint density at radius 2 is 1.94 bits per heavy atom. The maximum Gasteiger partial charge on any atom is 0.306 e. The molecule has 0 unspecified atom stereocenters. The van der Waals surface area contributed by atoms with Crippen molar-refractivity contribution in [3.63, 3.8) is 0 Å². The highest BCUT2D eigenvalue weighted by atomic mass is 16.5. The van der Waals surface area contributed by atoms with Gasteiger partial charge in [-0.1, -0.05) is 40.0 Å². The van der Waals surface area contributed by atoms with Crippen LogP contribution in [0.25, 0.3) is 0 Å². The highest BCUT2D eigenvalue weighted by Crippen LogP contribution is 2.32. The van der Waals surface area contributed by atoms with Crippen molar-refractivity contribution < 1.29 is 9.53 Å². The van der Waals surface area contributed by atoms with Crippen LogP contribution in [0, 0.1) is 11.8 Å². The van der Waals surface area contributed by atoms with Crippen LogP contribution in [0.1, 0.15) is 72.1 Å². The Labute approximate surface area is 106 Å². The molecule has 1 aliphatic carbocycles. The van der Waals surface area contributed by atoms with Crippen LogP contribution >= 0.6 is 0 Å². The highest BCUT2D eigenvalue weighted by Gasteiger charge is 2.30. The van der Waals surface area contributed by atoms with E-state index in [-0.39, 0.29) is 12.1 Å². The predicted molar refractivity (Wildman–Crippen MR) is 70.8 cm³/mol. The normalized spacial score (nSPS) is 24.9. The third-order valence-corrected chi connectivity index (χ3v) is 3.88. The summed E-state index contributed by atoms with van der Waals surface area (Å²) in [4.78, 5) is 11.7. The van der Waals surface area contributed by atoms with Crippen molar-refractivity contribution in [2.75, 3.05) is 0 Å². The zero-order chi connectivity index (χ0) is 12.7. The fourth-order valence-electron chi connectivity index (χ4n) is 2.78. The summed E-state index contributed by atoms with van der Waals surface area (Å²) in [5.41, 5.74) is 0. The smallest absolute Gasteiger partial charge is 0.306 e. The molecular weight excluding hydrogens is 212 g/mol. The molecule has 0 aromatic heterocycles. The minimum Gasteiger partial charge on any atom is -0.462 e. The predicted octanol–water partition coefficient (Wildman–Crippen LogP) is 4.32. The van der Waals surface area contributed by atoms with Gasteiger partial charge >= 0.3 is 5.97 Å². The number of hydrogen-bond donors (Lipinski definition) is 0. The fraction of sp³-hybridized carbons (Fsp3) is 0.933. The van der Waals surface area contributed by atoms with E-state index in [9.17, 15) is 4.79 Å². The second-order valence-corrected chi connectivity index (χ2v) is 5.68. The number of unbranched alkanes of at least 4 members (excludes halogenated alkanes) is 2. The van der Waals surface area contributed by atoms with Crippen LogP contribution in [0.5, 0.6) is 0 Å². The van der Waals surface area contributed by atoms with Crippen molar-refractivity contribution in [2.24, 2.45) is 11.8 Å². The van der Waals surface area contributed by atoms with E-state index in [0.717, 1.165) is 25.7 Å². The Bertz CT molecular complexity index is 223. The summed E-state index contributed by atoms with van der Waals surface area (Å²) in [6.45, 7) is 6.64. The largest absolute Gasteiger partial charge is 0.462 e. The van der Waals surface area contributed by atoms with Gasteiger partial charge in [-0.05, 0) is 37.5 Å². The van der Waals surface area contributed by atoms with Crippen molar-refractivity contribution in [2.45, 2.75) is 78.2 Å². The van der Waals surface area contributed by atoms with E-state index in [1.807, 2.05) is 0 Å². The van der Waals surface area contributed by atoms with Crippen LogP contribution in [0.2, 0.25) is 0 Å². The average molecular weight is 240 g/mol. The molecule has 1 fully saturated rings. The number of rotatable bonds is 6. The number of hydrogen-bond acceptors (Lipinski definition) is 2. The molecule has 0 aliphatic heterocycles. The molecule has 0 N–H and O–H groups in total. The first-order valence-electron chi connectivity index (χ1n) is 7.34. The van der Waals surface area contributed by atoms with Gasteiger partial charge in [0.05, 0.1) is 0 Å². The molecule has 17 heavy (non-hydrogen) atoms. The third-order valence-electron chi connectivity index (χ3n) is 3.88. The molecule has 1 aliphatic rings. The van der Waals surface area contributed by atoms with Gasteiger partial charge in [-0.3, -0.25) is 4.79 Å². The Hall–Kier alpha value is -0.530. The van der Waals surface area contributed by atoms with Gasteiger partial charge < -0.3 is 4.74 Å². The van der Waals surface area contributed by atoms with Gasteiger partial charge in [-0.15, -0.1) is 0 Å². The Morgan fingerprint density at radius 3 is 2.59 bits per heavy atom. The number of esters is 1. The molecule has 0 spiro atoms. The van der Waals surface area contributed by atoms with Crippen LogP contribution in [-0.2, 0) is 9.53 Å². The van der Waals surface area contributed by atoms with Crippen molar-refractivity contribution >= 4 is 5.97 Å². The van der Waals surface area contributed by atoms with Crippen molar-refractivity contribution in [1.82, 2.24) is 0 Å². The second-order valence-electron chi connectivity index (χ2n) is 5.68.